The molecule has 0 atom stereocenters. The van der Waals surface area contributed by atoms with E-state index in [0.29, 0.717) is 43.1 Å². The van der Waals surface area contributed by atoms with Gasteiger partial charge in [0.1, 0.15) is 0 Å². The Morgan fingerprint density at radius 1 is 1.29 bits per heavy atom. The zero-order valence-electron chi connectivity index (χ0n) is 14.8. The lowest BCUT2D eigenvalue weighted by Crippen LogP contribution is -2.27. The molecule has 0 bridgehead atoms. The van der Waals surface area contributed by atoms with Crippen molar-refractivity contribution >= 4 is 85.1 Å². The van der Waals surface area contributed by atoms with Gasteiger partial charge in [-0.2, -0.15) is 0 Å². The number of anilines is 1. The van der Waals surface area contributed by atoms with Crippen LogP contribution in [0, 0.1) is 0 Å². The zero-order valence-corrected chi connectivity index (χ0v) is 19.5. The average molecular weight is 519 g/mol. The average Bonchev–Trinajstić information content (AvgIpc) is 2.91. The minimum absolute atomic E-state index is 0.247. The number of halogens is 3. The molecule has 2 aromatic carbocycles. The van der Waals surface area contributed by atoms with Crippen molar-refractivity contribution in [1.82, 2.24) is 0 Å². The van der Waals surface area contributed by atoms with Crippen molar-refractivity contribution in [3.63, 3.8) is 0 Å². The maximum atomic E-state index is 13.0. The Balaban J connectivity index is 1.97. The van der Waals surface area contributed by atoms with E-state index in [2.05, 4.69) is 15.9 Å². The number of amides is 1. The van der Waals surface area contributed by atoms with Crippen LogP contribution < -0.4 is 14.4 Å². The molecule has 0 unspecified atom stereocenters. The molecule has 1 heterocycles. The standard InChI is InChI=1S/C19H14BrCl2NO3S2/c1-3-26-17-12(20)6-10(7-15(17)25-2)8-16-18(24)23(19(27)28-16)14-5-4-11(21)9-13(14)22/h4-9H,3H2,1-2H3/b16-8-. The number of nitrogens with zero attached hydrogens (tertiary/aromatic N) is 1. The highest BCUT2D eigenvalue weighted by molar-refractivity contribution is 9.10. The van der Waals surface area contributed by atoms with Gasteiger partial charge >= 0.3 is 0 Å². The molecule has 0 radical (unpaired) electrons. The van der Waals surface area contributed by atoms with Crippen molar-refractivity contribution in [3.8, 4) is 11.5 Å². The summed E-state index contributed by atoms with van der Waals surface area (Å²) in [6.07, 6.45) is 1.76. The van der Waals surface area contributed by atoms with Gasteiger partial charge in [-0.1, -0.05) is 47.2 Å². The molecule has 146 valence electrons. The number of thiocarbonyl (C=S) groups is 1. The number of carbonyl (C=O) groups is 1. The van der Waals surface area contributed by atoms with Crippen molar-refractivity contribution in [2.45, 2.75) is 6.92 Å². The molecule has 28 heavy (non-hydrogen) atoms. The van der Waals surface area contributed by atoms with E-state index in [-0.39, 0.29) is 5.91 Å². The van der Waals surface area contributed by atoms with E-state index in [1.807, 2.05) is 13.0 Å². The third-order valence-corrected chi connectivity index (χ3v) is 6.21. The summed E-state index contributed by atoms with van der Waals surface area (Å²) in [5.41, 5.74) is 1.28. The SMILES string of the molecule is CCOc1c(Br)cc(/C=C2\SC(=S)N(c3ccc(Cl)cc3Cl)C2=O)cc1OC. The molecule has 0 aliphatic carbocycles. The monoisotopic (exact) mass is 517 g/mol. The topological polar surface area (TPSA) is 38.8 Å². The quantitative estimate of drug-likeness (QED) is 0.330. The second-order valence-electron chi connectivity index (χ2n) is 5.58. The highest BCUT2D eigenvalue weighted by Crippen LogP contribution is 2.41. The van der Waals surface area contributed by atoms with Gasteiger partial charge < -0.3 is 9.47 Å². The highest BCUT2D eigenvalue weighted by atomic mass is 79.9. The van der Waals surface area contributed by atoms with Crippen molar-refractivity contribution in [2.24, 2.45) is 0 Å². The Morgan fingerprint density at radius 2 is 2.04 bits per heavy atom. The van der Waals surface area contributed by atoms with Gasteiger partial charge in [-0.15, -0.1) is 0 Å². The molecule has 1 aliphatic heterocycles. The number of carbonyl (C=O) groups excluding carboxylic acids is 1. The Labute approximate surface area is 190 Å². The van der Waals surface area contributed by atoms with E-state index >= 15 is 0 Å². The van der Waals surface area contributed by atoms with E-state index in [1.54, 1.807) is 37.5 Å². The van der Waals surface area contributed by atoms with Gasteiger partial charge in [0.2, 0.25) is 0 Å². The summed E-state index contributed by atoms with van der Waals surface area (Å²) < 4.78 is 12.1. The number of rotatable bonds is 5. The lowest BCUT2D eigenvalue weighted by molar-refractivity contribution is -0.113. The smallest absolute Gasteiger partial charge is 0.270 e. The predicted molar refractivity (Wildman–Crippen MR) is 124 cm³/mol. The molecule has 1 aliphatic rings. The maximum Gasteiger partial charge on any atom is 0.270 e. The predicted octanol–water partition coefficient (Wildman–Crippen LogP) is 6.57. The second kappa shape index (κ2) is 9.05. The Bertz CT molecular complexity index is 997. The molecule has 1 amide bonds. The number of benzene rings is 2. The number of hydrogen-bond acceptors (Lipinski definition) is 5. The van der Waals surface area contributed by atoms with Crippen molar-refractivity contribution < 1.29 is 14.3 Å². The first kappa shape index (κ1) is 21.5. The van der Waals surface area contributed by atoms with Crippen LogP contribution in [0.5, 0.6) is 11.5 Å². The lowest BCUT2D eigenvalue weighted by Gasteiger charge is -2.16. The van der Waals surface area contributed by atoms with Gasteiger partial charge in [0, 0.05) is 5.02 Å². The number of ether oxygens (including phenoxy) is 2. The van der Waals surface area contributed by atoms with Gasteiger partial charge in [-0.25, -0.2) is 0 Å². The van der Waals surface area contributed by atoms with Crippen LogP contribution >= 0.6 is 63.1 Å². The molecule has 0 saturated carbocycles. The Kier molecular flexibility index (Phi) is 6.94. The molecule has 1 fully saturated rings. The van der Waals surface area contributed by atoms with E-state index in [9.17, 15) is 4.79 Å². The maximum absolute atomic E-state index is 13.0. The van der Waals surface area contributed by atoms with Crippen molar-refractivity contribution in [2.75, 3.05) is 18.6 Å². The molecule has 4 nitrogen and oxygen atoms in total. The lowest BCUT2D eigenvalue weighted by atomic mass is 10.1. The molecule has 3 rings (SSSR count). The van der Waals surface area contributed by atoms with Crippen molar-refractivity contribution in [3.05, 3.63) is 55.3 Å². The number of methoxy groups -OCH3 is 1. The minimum atomic E-state index is -0.247. The van der Waals surface area contributed by atoms with Gasteiger partial charge in [0.25, 0.3) is 5.91 Å². The molecule has 0 N–H and O–H groups in total. The summed E-state index contributed by atoms with van der Waals surface area (Å²) in [6, 6.07) is 8.58. The van der Waals surface area contributed by atoms with Gasteiger partial charge in [-0.05, 0) is 64.8 Å². The van der Waals surface area contributed by atoms with Crippen LogP contribution in [0.4, 0.5) is 5.69 Å². The molecular formula is C19H14BrCl2NO3S2. The highest BCUT2D eigenvalue weighted by Gasteiger charge is 2.34. The van der Waals surface area contributed by atoms with E-state index < -0.39 is 0 Å². The van der Waals surface area contributed by atoms with Gasteiger partial charge in [0.05, 0.1) is 33.8 Å². The zero-order chi connectivity index (χ0) is 20.4. The summed E-state index contributed by atoms with van der Waals surface area (Å²) >= 11 is 22.3. The van der Waals surface area contributed by atoms with Crippen LogP contribution in [0.1, 0.15) is 12.5 Å². The first-order valence-corrected chi connectivity index (χ1v) is 10.9. The second-order valence-corrected chi connectivity index (χ2v) is 8.95. The molecule has 0 spiro atoms. The third-order valence-electron chi connectivity index (χ3n) is 3.78. The van der Waals surface area contributed by atoms with E-state index in [0.717, 1.165) is 10.0 Å². The van der Waals surface area contributed by atoms with Gasteiger partial charge in [-0.3, -0.25) is 9.69 Å². The third kappa shape index (κ3) is 4.33. The molecule has 0 aromatic heterocycles. The number of thioether (sulfide) groups is 1. The minimum Gasteiger partial charge on any atom is -0.493 e. The van der Waals surface area contributed by atoms with Crippen LogP contribution in [0.25, 0.3) is 6.08 Å². The van der Waals surface area contributed by atoms with E-state index in [1.165, 1.54) is 16.7 Å². The van der Waals surface area contributed by atoms with Crippen LogP contribution in [-0.2, 0) is 4.79 Å². The Morgan fingerprint density at radius 3 is 2.68 bits per heavy atom. The molecule has 9 heteroatoms. The van der Waals surface area contributed by atoms with Crippen molar-refractivity contribution in [1.29, 1.82) is 0 Å². The molecule has 2 aromatic rings. The molecular weight excluding hydrogens is 505 g/mol. The fraction of sp³-hybridized carbons (Fsp3) is 0.158. The summed E-state index contributed by atoms with van der Waals surface area (Å²) in [4.78, 5) is 14.8. The summed E-state index contributed by atoms with van der Waals surface area (Å²) in [6.45, 7) is 2.40. The Hall–Kier alpha value is -1.25. The first-order chi connectivity index (χ1) is 13.3. The largest absolute Gasteiger partial charge is 0.493 e. The van der Waals surface area contributed by atoms with Crippen LogP contribution in [0.2, 0.25) is 10.0 Å². The summed E-state index contributed by atoms with van der Waals surface area (Å²) in [5.74, 6) is 0.935. The first-order valence-electron chi connectivity index (χ1n) is 8.09. The van der Waals surface area contributed by atoms with Gasteiger partial charge in [0.15, 0.2) is 15.8 Å². The summed E-state index contributed by atoms with van der Waals surface area (Å²) in [5, 5.41) is 0.844. The number of hydrogen-bond donors (Lipinski definition) is 0. The van der Waals surface area contributed by atoms with Crippen LogP contribution in [-0.4, -0.2) is 23.9 Å². The summed E-state index contributed by atoms with van der Waals surface area (Å²) in [7, 11) is 1.57. The van der Waals surface area contributed by atoms with E-state index in [4.69, 9.17) is 44.9 Å². The molecule has 1 saturated heterocycles. The van der Waals surface area contributed by atoms with Crippen LogP contribution in [0.3, 0.4) is 0 Å². The van der Waals surface area contributed by atoms with Crippen LogP contribution in [0.15, 0.2) is 39.7 Å². The normalized spacial score (nSPS) is 15.5. The fourth-order valence-corrected chi connectivity index (χ4v) is 4.95. The fourth-order valence-electron chi connectivity index (χ4n) is 2.60.